The van der Waals surface area contributed by atoms with Gasteiger partial charge in [0.1, 0.15) is 0 Å². The number of halogens is 2. The van der Waals surface area contributed by atoms with Gasteiger partial charge in [0.2, 0.25) is 5.92 Å². The summed E-state index contributed by atoms with van der Waals surface area (Å²) in [6.45, 7) is 4.68. The zero-order valence-electron chi connectivity index (χ0n) is 11.3. The SMILES string of the molecule is CCNC(C1CCOCC1)C1CCC(F)(F)CC1. The van der Waals surface area contributed by atoms with Crippen molar-refractivity contribution in [3.05, 3.63) is 0 Å². The molecule has 0 spiro atoms. The number of rotatable bonds is 4. The highest BCUT2D eigenvalue weighted by Crippen LogP contribution is 2.40. The van der Waals surface area contributed by atoms with E-state index in [0.29, 0.717) is 30.7 Å². The normalized spacial score (nSPS) is 28.2. The molecule has 0 aromatic heterocycles. The summed E-state index contributed by atoms with van der Waals surface area (Å²) in [5.74, 6) is -1.38. The fourth-order valence-electron chi connectivity index (χ4n) is 3.45. The Labute approximate surface area is 108 Å². The van der Waals surface area contributed by atoms with E-state index >= 15 is 0 Å². The highest BCUT2D eigenvalue weighted by molar-refractivity contribution is 4.89. The van der Waals surface area contributed by atoms with Gasteiger partial charge in [-0.05, 0) is 44.1 Å². The van der Waals surface area contributed by atoms with Crippen LogP contribution in [0.5, 0.6) is 0 Å². The summed E-state index contributed by atoms with van der Waals surface area (Å²) < 4.78 is 31.9. The third kappa shape index (κ3) is 3.64. The summed E-state index contributed by atoms with van der Waals surface area (Å²) in [5.41, 5.74) is 0. The van der Waals surface area contributed by atoms with Crippen LogP contribution in [0.3, 0.4) is 0 Å². The molecule has 2 fully saturated rings. The summed E-state index contributed by atoms with van der Waals surface area (Å²) in [6, 6.07) is 0.412. The third-order valence-corrected chi connectivity index (χ3v) is 4.48. The summed E-state index contributed by atoms with van der Waals surface area (Å²) >= 11 is 0. The van der Waals surface area contributed by atoms with E-state index in [1.807, 2.05) is 0 Å². The number of ether oxygens (including phenoxy) is 1. The first kappa shape index (κ1) is 14.2. The molecule has 1 aliphatic heterocycles. The molecule has 1 saturated heterocycles. The van der Waals surface area contributed by atoms with Crippen molar-refractivity contribution in [3.63, 3.8) is 0 Å². The van der Waals surface area contributed by atoms with Gasteiger partial charge in [0.25, 0.3) is 0 Å². The van der Waals surface area contributed by atoms with Gasteiger partial charge in [-0.15, -0.1) is 0 Å². The van der Waals surface area contributed by atoms with Crippen LogP contribution in [0, 0.1) is 11.8 Å². The molecule has 1 heterocycles. The lowest BCUT2D eigenvalue weighted by Crippen LogP contribution is -2.46. The molecule has 0 aromatic rings. The quantitative estimate of drug-likeness (QED) is 0.839. The van der Waals surface area contributed by atoms with Crippen molar-refractivity contribution in [1.29, 1.82) is 0 Å². The molecule has 1 saturated carbocycles. The van der Waals surface area contributed by atoms with Gasteiger partial charge in [-0.3, -0.25) is 0 Å². The standard InChI is InChI=1S/C14H25F2NO/c1-2-17-13(12-5-9-18-10-6-12)11-3-7-14(15,16)8-4-11/h11-13,17H,2-10H2,1H3. The second-order valence-corrected chi connectivity index (χ2v) is 5.73. The van der Waals surface area contributed by atoms with E-state index in [1.165, 1.54) is 0 Å². The Morgan fingerprint density at radius 1 is 1.11 bits per heavy atom. The predicted octanol–water partition coefficient (Wildman–Crippen LogP) is 3.22. The first-order valence-corrected chi connectivity index (χ1v) is 7.31. The van der Waals surface area contributed by atoms with Crippen molar-refractivity contribution in [2.24, 2.45) is 11.8 Å². The molecule has 4 heteroatoms. The van der Waals surface area contributed by atoms with E-state index in [-0.39, 0.29) is 12.8 Å². The second kappa shape index (κ2) is 6.29. The lowest BCUT2D eigenvalue weighted by atomic mass is 9.75. The van der Waals surface area contributed by atoms with Gasteiger partial charge in [0, 0.05) is 32.1 Å². The maximum absolute atomic E-state index is 13.2. The average molecular weight is 261 g/mol. The summed E-state index contributed by atoms with van der Waals surface area (Å²) in [7, 11) is 0. The summed E-state index contributed by atoms with van der Waals surface area (Å²) in [4.78, 5) is 0. The molecule has 0 amide bonds. The molecule has 0 radical (unpaired) electrons. The minimum Gasteiger partial charge on any atom is -0.381 e. The maximum Gasteiger partial charge on any atom is 0.248 e. The molecule has 1 aliphatic carbocycles. The Hall–Kier alpha value is -0.220. The van der Waals surface area contributed by atoms with Gasteiger partial charge in [0.05, 0.1) is 0 Å². The largest absolute Gasteiger partial charge is 0.381 e. The number of alkyl halides is 2. The molecular weight excluding hydrogens is 236 g/mol. The zero-order chi connectivity index (χ0) is 13.0. The Morgan fingerprint density at radius 2 is 1.67 bits per heavy atom. The molecule has 0 bridgehead atoms. The highest BCUT2D eigenvalue weighted by Gasteiger charge is 2.39. The van der Waals surface area contributed by atoms with Gasteiger partial charge in [0.15, 0.2) is 0 Å². The van der Waals surface area contributed by atoms with Crippen molar-refractivity contribution >= 4 is 0 Å². The van der Waals surface area contributed by atoms with Gasteiger partial charge in [-0.2, -0.15) is 0 Å². The Morgan fingerprint density at radius 3 is 2.22 bits per heavy atom. The fraction of sp³-hybridized carbons (Fsp3) is 1.00. The minimum atomic E-state index is -2.41. The van der Waals surface area contributed by atoms with Crippen LogP contribution in [0.2, 0.25) is 0 Å². The molecule has 18 heavy (non-hydrogen) atoms. The first-order chi connectivity index (χ1) is 8.62. The van der Waals surface area contributed by atoms with Crippen LogP contribution >= 0.6 is 0 Å². The Bertz CT molecular complexity index is 244. The van der Waals surface area contributed by atoms with E-state index in [0.717, 1.165) is 32.6 Å². The second-order valence-electron chi connectivity index (χ2n) is 5.73. The zero-order valence-corrected chi connectivity index (χ0v) is 11.3. The number of hydrogen-bond donors (Lipinski definition) is 1. The van der Waals surface area contributed by atoms with Crippen molar-refractivity contribution in [2.75, 3.05) is 19.8 Å². The van der Waals surface area contributed by atoms with Crippen LogP contribution in [-0.2, 0) is 4.74 Å². The molecule has 1 unspecified atom stereocenters. The topological polar surface area (TPSA) is 21.3 Å². The molecular formula is C14H25F2NO. The van der Waals surface area contributed by atoms with E-state index in [9.17, 15) is 8.78 Å². The van der Waals surface area contributed by atoms with Crippen molar-refractivity contribution in [3.8, 4) is 0 Å². The highest BCUT2D eigenvalue weighted by atomic mass is 19.3. The molecule has 2 aliphatic rings. The lowest BCUT2D eigenvalue weighted by Gasteiger charge is -2.39. The lowest BCUT2D eigenvalue weighted by molar-refractivity contribution is -0.0553. The summed E-state index contributed by atoms with van der Waals surface area (Å²) in [6.07, 6.45) is 3.63. The first-order valence-electron chi connectivity index (χ1n) is 7.31. The van der Waals surface area contributed by atoms with E-state index < -0.39 is 5.92 Å². The monoisotopic (exact) mass is 261 g/mol. The van der Waals surface area contributed by atoms with E-state index in [4.69, 9.17) is 4.74 Å². The third-order valence-electron chi connectivity index (χ3n) is 4.48. The van der Waals surface area contributed by atoms with Crippen LogP contribution in [-0.4, -0.2) is 31.7 Å². The van der Waals surface area contributed by atoms with Gasteiger partial charge in [-0.25, -0.2) is 8.78 Å². The molecule has 2 nitrogen and oxygen atoms in total. The van der Waals surface area contributed by atoms with Gasteiger partial charge >= 0.3 is 0 Å². The number of nitrogens with one attached hydrogen (secondary N) is 1. The Balaban J connectivity index is 1.92. The smallest absolute Gasteiger partial charge is 0.248 e. The van der Waals surface area contributed by atoms with Crippen molar-refractivity contribution < 1.29 is 13.5 Å². The van der Waals surface area contributed by atoms with E-state index in [1.54, 1.807) is 0 Å². The van der Waals surface area contributed by atoms with Crippen LogP contribution in [0.1, 0.15) is 45.4 Å². The van der Waals surface area contributed by atoms with Crippen molar-refractivity contribution in [1.82, 2.24) is 5.32 Å². The minimum absolute atomic E-state index is 0.0722. The van der Waals surface area contributed by atoms with E-state index in [2.05, 4.69) is 12.2 Å². The predicted molar refractivity (Wildman–Crippen MR) is 67.9 cm³/mol. The maximum atomic E-state index is 13.2. The molecule has 1 N–H and O–H groups in total. The summed E-state index contributed by atoms with van der Waals surface area (Å²) in [5, 5.41) is 3.55. The Kier molecular flexibility index (Phi) is 4.96. The van der Waals surface area contributed by atoms with Crippen LogP contribution in [0.4, 0.5) is 8.78 Å². The average Bonchev–Trinajstić information content (AvgIpc) is 2.38. The number of hydrogen-bond acceptors (Lipinski definition) is 2. The molecule has 2 rings (SSSR count). The van der Waals surface area contributed by atoms with Crippen LogP contribution < -0.4 is 5.32 Å². The van der Waals surface area contributed by atoms with Crippen LogP contribution in [0.15, 0.2) is 0 Å². The van der Waals surface area contributed by atoms with Crippen molar-refractivity contribution in [2.45, 2.75) is 57.4 Å². The molecule has 1 atom stereocenters. The molecule has 0 aromatic carbocycles. The molecule has 106 valence electrons. The van der Waals surface area contributed by atoms with Gasteiger partial charge < -0.3 is 10.1 Å². The van der Waals surface area contributed by atoms with Crippen LogP contribution in [0.25, 0.3) is 0 Å². The fourth-order valence-corrected chi connectivity index (χ4v) is 3.45. The van der Waals surface area contributed by atoms with Gasteiger partial charge in [-0.1, -0.05) is 6.92 Å².